The summed E-state index contributed by atoms with van der Waals surface area (Å²) < 4.78 is 0. The van der Waals surface area contributed by atoms with Crippen LogP contribution in [0.1, 0.15) is 24.5 Å². The number of rotatable bonds is 7. The van der Waals surface area contributed by atoms with Gasteiger partial charge in [0, 0.05) is 58.1 Å². The average Bonchev–Trinajstić information content (AvgIpc) is 3.30. The molecular weight excluding hydrogens is 470 g/mol. The predicted octanol–water partition coefficient (Wildman–Crippen LogP) is 4.96. The molecule has 1 amide bonds. The number of aryl methyl sites for hydroxylation is 1. The summed E-state index contributed by atoms with van der Waals surface area (Å²) in [6, 6.07) is 16.5. The zero-order chi connectivity index (χ0) is 25.1. The molecule has 3 aromatic heterocycles. The summed E-state index contributed by atoms with van der Waals surface area (Å²) in [7, 11) is 2.02. The molecule has 5 rings (SSSR count). The van der Waals surface area contributed by atoms with Crippen LogP contribution in [-0.4, -0.2) is 63.9 Å². The third-order valence-corrected chi connectivity index (χ3v) is 7.38. The summed E-state index contributed by atoms with van der Waals surface area (Å²) in [6.45, 7) is 8.21. The fraction of sp³-hybridized carbons (Fsp3) is 0.333. The number of pyridine rings is 2. The van der Waals surface area contributed by atoms with E-state index >= 15 is 0 Å². The van der Waals surface area contributed by atoms with Gasteiger partial charge in [-0.2, -0.15) is 0 Å². The highest BCUT2D eigenvalue weighted by molar-refractivity contribution is 7.21. The molecule has 1 aromatic carbocycles. The number of carbonyl (C=O) groups is 1. The number of amides is 1. The Morgan fingerprint density at radius 1 is 1.06 bits per heavy atom. The van der Waals surface area contributed by atoms with Crippen LogP contribution in [0.15, 0.2) is 54.7 Å². The van der Waals surface area contributed by atoms with E-state index in [2.05, 4.69) is 57.4 Å². The number of anilines is 4. The number of hydrogen-bond donors (Lipinski definition) is 1. The monoisotopic (exact) mass is 501 g/mol. The molecule has 0 atom stereocenters. The van der Waals surface area contributed by atoms with E-state index in [4.69, 9.17) is 9.97 Å². The van der Waals surface area contributed by atoms with E-state index in [-0.39, 0.29) is 5.91 Å². The van der Waals surface area contributed by atoms with Gasteiger partial charge in [-0.25, -0.2) is 15.0 Å². The van der Waals surface area contributed by atoms with E-state index in [1.807, 2.05) is 43.3 Å². The molecule has 1 aliphatic rings. The van der Waals surface area contributed by atoms with E-state index in [1.165, 1.54) is 22.5 Å². The Morgan fingerprint density at radius 2 is 1.83 bits per heavy atom. The molecule has 1 fully saturated rings. The van der Waals surface area contributed by atoms with Crippen molar-refractivity contribution >= 4 is 50.0 Å². The standard InChI is InChI=1S/C27H31N7OS/c1-4-25(35)34-15-13-33(14-16-34)18-20-11-12-28-23(17-20)30-27-29-22-9-10-24(31-26(22)36-27)32(3)21-7-5-19(2)6-8-21/h5-12,17H,4,13-16,18H2,1-3H3,(H,28,29,30). The number of nitrogens with zero attached hydrogens (tertiary/aromatic N) is 6. The Balaban J connectivity index is 1.25. The SMILES string of the molecule is CCC(=O)N1CCN(Cc2ccnc(Nc3nc4ccc(N(C)c5ccc(C)cc5)nc4s3)c2)CC1. The number of fused-ring (bicyclic) bond motifs is 1. The number of thiazole rings is 1. The van der Waals surface area contributed by atoms with Gasteiger partial charge in [0.05, 0.1) is 0 Å². The molecule has 9 heteroatoms. The van der Waals surface area contributed by atoms with E-state index in [9.17, 15) is 4.79 Å². The van der Waals surface area contributed by atoms with E-state index in [1.54, 1.807) is 0 Å². The lowest BCUT2D eigenvalue weighted by Crippen LogP contribution is -2.48. The van der Waals surface area contributed by atoms with Gasteiger partial charge >= 0.3 is 0 Å². The van der Waals surface area contributed by atoms with Gasteiger partial charge in [0.2, 0.25) is 5.91 Å². The van der Waals surface area contributed by atoms with Crippen LogP contribution in [-0.2, 0) is 11.3 Å². The number of carbonyl (C=O) groups excluding carboxylic acids is 1. The van der Waals surface area contributed by atoms with Crippen molar-refractivity contribution in [1.29, 1.82) is 0 Å². The molecule has 4 heterocycles. The minimum absolute atomic E-state index is 0.240. The van der Waals surface area contributed by atoms with Crippen LogP contribution < -0.4 is 10.2 Å². The molecular formula is C27H31N7OS. The van der Waals surface area contributed by atoms with Crippen molar-refractivity contribution in [3.8, 4) is 0 Å². The first-order valence-corrected chi connectivity index (χ1v) is 13.1. The summed E-state index contributed by atoms with van der Waals surface area (Å²) in [5.74, 6) is 1.88. The normalized spacial score (nSPS) is 14.2. The fourth-order valence-corrected chi connectivity index (χ4v) is 5.18. The van der Waals surface area contributed by atoms with E-state index < -0.39 is 0 Å². The molecule has 1 saturated heterocycles. The van der Waals surface area contributed by atoms with Gasteiger partial charge in [0.1, 0.15) is 22.0 Å². The summed E-state index contributed by atoms with van der Waals surface area (Å²) in [5, 5.41) is 4.13. The maximum atomic E-state index is 11.9. The Bertz CT molecular complexity index is 1350. The molecule has 0 bridgehead atoms. The van der Waals surface area contributed by atoms with Gasteiger partial charge in [-0.1, -0.05) is 36.0 Å². The second kappa shape index (κ2) is 10.6. The fourth-order valence-electron chi connectivity index (χ4n) is 4.34. The smallest absolute Gasteiger partial charge is 0.222 e. The Morgan fingerprint density at radius 3 is 2.58 bits per heavy atom. The molecule has 4 aromatic rings. The highest BCUT2D eigenvalue weighted by Crippen LogP contribution is 2.30. The minimum atomic E-state index is 0.240. The molecule has 8 nitrogen and oxygen atoms in total. The van der Waals surface area contributed by atoms with E-state index in [0.29, 0.717) is 6.42 Å². The summed E-state index contributed by atoms with van der Waals surface area (Å²) in [5.41, 5.74) is 4.37. The third-order valence-electron chi connectivity index (χ3n) is 6.50. The first kappa shape index (κ1) is 24.1. The molecule has 0 unspecified atom stereocenters. The largest absolute Gasteiger partial charge is 0.340 e. The maximum Gasteiger partial charge on any atom is 0.222 e. The molecule has 1 aliphatic heterocycles. The van der Waals surface area contributed by atoms with Gasteiger partial charge in [-0.05, 0) is 48.9 Å². The lowest BCUT2D eigenvalue weighted by Gasteiger charge is -2.34. The molecule has 0 aliphatic carbocycles. The van der Waals surface area contributed by atoms with Crippen molar-refractivity contribution in [3.63, 3.8) is 0 Å². The first-order valence-electron chi connectivity index (χ1n) is 12.3. The number of aromatic nitrogens is 3. The molecule has 0 saturated carbocycles. The van der Waals surface area contributed by atoms with Crippen molar-refractivity contribution in [1.82, 2.24) is 24.8 Å². The third kappa shape index (κ3) is 5.47. The average molecular weight is 502 g/mol. The quantitative estimate of drug-likeness (QED) is 0.383. The minimum Gasteiger partial charge on any atom is -0.340 e. The number of piperazine rings is 1. The summed E-state index contributed by atoms with van der Waals surface area (Å²) in [4.78, 5) is 33.3. The second-order valence-corrected chi connectivity index (χ2v) is 10.1. The number of nitrogens with one attached hydrogen (secondary N) is 1. The number of hydrogen-bond acceptors (Lipinski definition) is 8. The van der Waals surface area contributed by atoms with E-state index in [0.717, 1.165) is 65.5 Å². The van der Waals surface area contributed by atoms with Crippen molar-refractivity contribution in [3.05, 3.63) is 65.9 Å². The van der Waals surface area contributed by atoms with Crippen LogP contribution in [0.3, 0.4) is 0 Å². The first-order chi connectivity index (χ1) is 17.5. The maximum absolute atomic E-state index is 11.9. The Kier molecular flexibility index (Phi) is 7.11. The van der Waals surface area contributed by atoms with Gasteiger partial charge < -0.3 is 15.1 Å². The van der Waals surface area contributed by atoms with Gasteiger partial charge in [-0.3, -0.25) is 9.69 Å². The lowest BCUT2D eigenvalue weighted by molar-refractivity contribution is -0.132. The van der Waals surface area contributed by atoms with Crippen molar-refractivity contribution in [2.24, 2.45) is 0 Å². The van der Waals surface area contributed by atoms with Gasteiger partial charge in [-0.15, -0.1) is 0 Å². The highest BCUT2D eigenvalue weighted by Gasteiger charge is 2.20. The molecule has 186 valence electrons. The van der Waals surface area contributed by atoms with Gasteiger partial charge in [0.25, 0.3) is 0 Å². The van der Waals surface area contributed by atoms with Crippen molar-refractivity contribution in [2.75, 3.05) is 43.4 Å². The predicted molar refractivity (Wildman–Crippen MR) is 146 cm³/mol. The zero-order valence-corrected chi connectivity index (χ0v) is 21.8. The van der Waals surface area contributed by atoms with Crippen molar-refractivity contribution < 1.29 is 4.79 Å². The summed E-state index contributed by atoms with van der Waals surface area (Å²) in [6.07, 6.45) is 2.40. The van der Waals surface area contributed by atoms with Crippen LogP contribution in [0.5, 0.6) is 0 Å². The second-order valence-electron chi connectivity index (χ2n) is 9.09. The van der Waals surface area contributed by atoms with Crippen LogP contribution in [0.2, 0.25) is 0 Å². The van der Waals surface area contributed by atoms with Crippen molar-refractivity contribution in [2.45, 2.75) is 26.8 Å². The van der Waals surface area contributed by atoms with Gasteiger partial charge in [0.15, 0.2) is 5.13 Å². The van der Waals surface area contributed by atoms with Crippen LogP contribution >= 0.6 is 11.3 Å². The Labute approximate surface area is 215 Å². The van der Waals surface area contributed by atoms with Crippen LogP contribution in [0.4, 0.5) is 22.5 Å². The molecule has 0 radical (unpaired) electrons. The zero-order valence-electron chi connectivity index (χ0n) is 20.9. The molecule has 1 N–H and O–H groups in total. The molecule has 36 heavy (non-hydrogen) atoms. The number of benzene rings is 1. The van der Waals surface area contributed by atoms with Crippen LogP contribution in [0.25, 0.3) is 10.3 Å². The topological polar surface area (TPSA) is 77.5 Å². The lowest BCUT2D eigenvalue weighted by atomic mass is 10.2. The highest BCUT2D eigenvalue weighted by atomic mass is 32.1. The summed E-state index contributed by atoms with van der Waals surface area (Å²) >= 11 is 1.52. The Hall–Kier alpha value is -3.56. The van der Waals surface area contributed by atoms with Crippen LogP contribution in [0, 0.1) is 6.92 Å². The molecule has 0 spiro atoms.